The van der Waals surface area contributed by atoms with Crippen molar-refractivity contribution >= 4 is 39.3 Å². The molecule has 22 heavy (non-hydrogen) atoms. The van der Waals surface area contributed by atoms with Crippen LogP contribution < -0.4 is 10.1 Å². The van der Waals surface area contributed by atoms with Crippen LogP contribution in [-0.4, -0.2) is 28.5 Å². The fourth-order valence-electron chi connectivity index (χ4n) is 2.13. The van der Waals surface area contributed by atoms with Gasteiger partial charge in [0.15, 0.2) is 0 Å². The molecular weight excluding hydrogens is 364 g/mol. The largest absolute Gasteiger partial charge is 0.473 e. The van der Waals surface area contributed by atoms with Crippen LogP contribution in [0.25, 0.3) is 0 Å². The summed E-state index contributed by atoms with van der Waals surface area (Å²) >= 11 is 5.25. The molecule has 1 unspecified atom stereocenters. The van der Waals surface area contributed by atoms with Crippen LogP contribution in [0.1, 0.15) is 16.8 Å². The molecule has 2 heterocycles. The van der Waals surface area contributed by atoms with Gasteiger partial charge in [-0.15, -0.1) is 0 Å². The highest BCUT2D eigenvalue weighted by Gasteiger charge is 2.18. The Hall–Kier alpha value is -1.53. The number of carbonyl (C=O) groups is 1. The summed E-state index contributed by atoms with van der Waals surface area (Å²) in [6.07, 6.45) is 2.83. The van der Waals surface area contributed by atoms with Gasteiger partial charge in [-0.3, -0.25) is 4.79 Å². The lowest BCUT2D eigenvalue weighted by molar-refractivity contribution is 0.102. The van der Waals surface area contributed by atoms with Crippen LogP contribution in [0.2, 0.25) is 0 Å². The molecule has 0 bridgehead atoms. The minimum absolute atomic E-state index is 0.171. The highest BCUT2D eigenvalue weighted by molar-refractivity contribution is 9.10. The molecule has 1 amide bonds. The van der Waals surface area contributed by atoms with E-state index in [2.05, 4.69) is 26.2 Å². The number of carbonyl (C=O) groups excluding carboxylic acids is 1. The van der Waals surface area contributed by atoms with E-state index in [-0.39, 0.29) is 12.0 Å². The van der Waals surface area contributed by atoms with E-state index in [4.69, 9.17) is 4.74 Å². The first-order chi connectivity index (χ1) is 10.7. The maximum absolute atomic E-state index is 12.3. The van der Waals surface area contributed by atoms with Gasteiger partial charge >= 0.3 is 0 Å². The molecular formula is C16H15BrN2O2S. The first-order valence-electron chi connectivity index (χ1n) is 6.98. The first-order valence-corrected chi connectivity index (χ1v) is 8.93. The molecule has 1 atom stereocenters. The lowest BCUT2D eigenvalue weighted by Gasteiger charge is -2.12. The number of thioether (sulfide) groups is 1. The quantitative estimate of drug-likeness (QED) is 0.873. The normalized spacial score (nSPS) is 17.2. The average molecular weight is 379 g/mol. The second-order valence-corrected chi connectivity index (χ2v) is 7.01. The van der Waals surface area contributed by atoms with Gasteiger partial charge < -0.3 is 10.1 Å². The molecule has 1 aliphatic heterocycles. The van der Waals surface area contributed by atoms with Gasteiger partial charge in [-0.05, 0) is 42.5 Å². The molecule has 0 saturated carbocycles. The highest BCUT2D eigenvalue weighted by atomic mass is 79.9. The number of rotatable bonds is 4. The molecule has 6 heteroatoms. The predicted molar refractivity (Wildman–Crippen MR) is 92.7 cm³/mol. The summed E-state index contributed by atoms with van der Waals surface area (Å²) in [6.45, 7) is 0. The molecule has 4 nitrogen and oxygen atoms in total. The average Bonchev–Trinajstić information content (AvgIpc) is 3.03. The Morgan fingerprint density at radius 1 is 1.32 bits per heavy atom. The van der Waals surface area contributed by atoms with E-state index in [1.807, 2.05) is 36.0 Å². The third-order valence-electron chi connectivity index (χ3n) is 3.27. The van der Waals surface area contributed by atoms with E-state index >= 15 is 0 Å². The maximum atomic E-state index is 12.3. The van der Waals surface area contributed by atoms with Crippen molar-refractivity contribution in [2.45, 2.75) is 12.5 Å². The molecule has 1 saturated heterocycles. The van der Waals surface area contributed by atoms with E-state index in [1.165, 1.54) is 0 Å². The predicted octanol–water partition coefficient (Wildman–Crippen LogP) is 3.98. The Balaban J connectivity index is 1.67. The summed E-state index contributed by atoms with van der Waals surface area (Å²) in [4.78, 5) is 16.5. The molecule has 2 aromatic rings. The molecule has 1 fully saturated rings. The zero-order valence-electron chi connectivity index (χ0n) is 11.8. The van der Waals surface area contributed by atoms with Crippen LogP contribution in [0.5, 0.6) is 5.88 Å². The zero-order chi connectivity index (χ0) is 15.4. The number of benzene rings is 1. The molecule has 0 spiro atoms. The molecule has 1 N–H and O–H groups in total. The number of hydrogen-bond donors (Lipinski definition) is 1. The van der Waals surface area contributed by atoms with Gasteiger partial charge in [0.2, 0.25) is 5.88 Å². The number of halogens is 1. The van der Waals surface area contributed by atoms with Gasteiger partial charge in [-0.25, -0.2) is 4.98 Å². The van der Waals surface area contributed by atoms with Crippen molar-refractivity contribution in [2.75, 3.05) is 16.8 Å². The smallest absolute Gasteiger partial charge is 0.255 e. The molecule has 114 valence electrons. The summed E-state index contributed by atoms with van der Waals surface area (Å²) in [6, 6.07) is 10.8. The summed E-state index contributed by atoms with van der Waals surface area (Å²) in [7, 11) is 0. The van der Waals surface area contributed by atoms with Crippen molar-refractivity contribution in [1.82, 2.24) is 4.98 Å². The Bertz CT molecular complexity index is 657. The first kappa shape index (κ1) is 15.4. The van der Waals surface area contributed by atoms with E-state index in [1.54, 1.807) is 18.3 Å². The van der Waals surface area contributed by atoms with Crippen LogP contribution in [0.4, 0.5) is 5.69 Å². The standard InChI is InChI=1S/C16H15BrN2O2S/c17-12-1-3-13(4-2-12)19-16(20)11-5-7-18-15(9-11)21-14-6-8-22-10-14/h1-5,7,9,14H,6,8,10H2,(H,19,20). The topological polar surface area (TPSA) is 51.2 Å². The van der Waals surface area contributed by atoms with Gasteiger partial charge in [0, 0.05) is 33.7 Å². The van der Waals surface area contributed by atoms with Crippen molar-refractivity contribution in [3.05, 3.63) is 52.6 Å². The summed E-state index contributed by atoms with van der Waals surface area (Å²) in [5.41, 5.74) is 1.29. The van der Waals surface area contributed by atoms with E-state index in [9.17, 15) is 4.79 Å². The maximum Gasteiger partial charge on any atom is 0.255 e. The SMILES string of the molecule is O=C(Nc1ccc(Br)cc1)c1ccnc(OC2CCSC2)c1. The van der Waals surface area contributed by atoms with Gasteiger partial charge in [0.1, 0.15) is 6.10 Å². The van der Waals surface area contributed by atoms with E-state index in [0.29, 0.717) is 11.4 Å². The minimum Gasteiger partial charge on any atom is -0.473 e. The van der Waals surface area contributed by atoms with Crippen LogP contribution in [0.3, 0.4) is 0 Å². The number of nitrogens with zero attached hydrogens (tertiary/aromatic N) is 1. The van der Waals surface area contributed by atoms with Crippen molar-refractivity contribution in [3.63, 3.8) is 0 Å². The molecule has 0 aliphatic carbocycles. The third-order valence-corrected chi connectivity index (χ3v) is 4.93. The molecule has 1 aliphatic rings. The second-order valence-electron chi connectivity index (χ2n) is 4.95. The number of hydrogen-bond acceptors (Lipinski definition) is 4. The lowest BCUT2D eigenvalue weighted by atomic mass is 10.2. The molecule has 0 radical (unpaired) electrons. The Labute approximate surface area is 141 Å². The molecule has 1 aromatic heterocycles. The number of amides is 1. The monoisotopic (exact) mass is 378 g/mol. The number of anilines is 1. The van der Waals surface area contributed by atoms with Gasteiger partial charge in [0.05, 0.1) is 0 Å². The summed E-state index contributed by atoms with van der Waals surface area (Å²) < 4.78 is 6.79. The van der Waals surface area contributed by atoms with E-state index in [0.717, 1.165) is 28.1 Å². The minimum atomic E-state index is -0.171. The van der Waals surface area contributed by atoms with E-state index < -0.39 is 0 Å². The molecule has 3 rings (SSSR count). The van der Waals surface area contributed by atoms with Gasteiger partial charge in [-0.1, -0.05) is 15.9 Å². The lowest BCUT2D eigenvalue weighted by Crippen LogP contribution is -2.17. The van der Waals surface area contributed by atoms with Crippen LogP contribution in [0, 0.1) is 0 Å². The number of aromatic nitrogens is 1. The third kappa shape index (κ3) is 4.01. The van der Waals surface area contributed by atoms with Crippen LogP contribution in [0.15, 0.2) is 47.1 Å². The van der Waals surface area contributed by atoms with Crippen molar-refractivity contribution < 1.29 is 9.53 Å². The van der Waals surface area contributed by atoms with Crippen LogP contribution in [-0.2, 0) is 0 Å². The fraction of sp³-hybridized carbons (Fsp3) is 0.250. The Kier molecular flexibility index (Phi) is 5.00. The zero-order valence-corrected chi connectivity index (χ0v) is 14.2. The van der Waals surface area contributed by atoms with Gasteiger partial charge in [0.25, 0.3) is 5.91 Å². The Morgan fingerprint density at radius 2 is 2.14 bits per heavy atom. The van der Waals surface area contributed by atoms with Gasteiger partial charge in [-0.2, -0.15) is 11.8 Å². The Morgan fingerprint density at radius 3 is 2.86 bits per heavy atom. The highest BCUT2D eigenvalue weighted by Crippen LogP contribution is 2.22. The second kappa shape index (κ2) is 7.15. The summed E-state index contributed by atoms with van der Waals surface area (Å²) in [5.74, 6) is 2.44. The number of pyridine rings is 1. The van der Waals surface area contributed by atoms with Crippen LogP contribution >= 0.6 is 27.7 Å². The molecule has 1 aromatic carbocycles. The van der Waals surface area contributed by atoms with Crippen molar-refractivity contribution in [3.8, 4) is 5.88 Å². The number of ether oxygens (including phenoxy) is 1. The fourth-order valence-corrected chi connectivity index (χ4v) is 3.49. The number of nitrogens with one attached hydrogen (secondary N) is 1. The van der Waals surface area contributed by atoms with Crippen molar-refractivity contribution in [2.24, 2.45) is 0 Å². The van der Waals surface area contributed by atoms with Crippen molar-refractivity contribution in [1.29, 1.82) is 0 Å². The summed E-state index contributed by atoms with van der Waals surface area (Å²) in [5, 5.41) is 2.86.